The highest BCUT2D eigenvalue weighted by atomic mass is 35.5. The lowest BCUT2D eigenvalue weighted by atomic mass is 10.0. The van der Waals surface area contributed by atoms with E-state index in [0.29, 0.717) is 25.7 Å². The van der Waals surface area contributed by atoms with Crippen LogP contribution in [0.15, 0.2) is 23.1 Å². The van der Waals surface area contributed by atoms with E-state index in [1.54, 1.807) is 18.2 Å². The number of nitrogens with zero attached hydrogens (tertiary/aromatic N) is 4. The van der Waals surface area contributed by atoms with Gasteiger partial charge in [0.15, 0.2) is 9.84 Å². The number of nitriles is 1. The molecular formula is C28H38ClF2N5O5S. The maximum Gasteiger partial charge on any atom is 0.405 e. The third-order valence-corrected chi connectivity index (χ3v) is 11.2. The molecule has 1 aromatic carbocycles. The number of rotatable bonds is 5. The van der Waals surface area contributed by atoms with Crippen molar-refractivity contribution < 1.29 is 31.9 Å². The summed E-state index contributed by atoms with van der Waals surface area (Å²) in [6, 6.07) is 6.96. The Morgan fingerprint density at radius 2 is 1.74 bits per heavy atom. The SMILES string of the molecule is CC(C)(C)N1CCN(c2ccc(S(=O)(=O)[C@@H]3CC[C@@H](C(=O)N4CC(F)(F)C4)C3)c(Cl)c2)CC1.N#CC1(NC(=O)O)CC1. The van der Waals surface area contributed by atoms with Gasteiger partial charge in [-0.15, -0.1) is 0 Å². The molecular weight excluding hydrogens is 592 g/mol. The predicted molar refractivity (Wildman–Crippen MR) is 154 cm³/mol. The van der Waals surface area contributed by atoms with Crippen LogP contribution in [0.2, 0.25) is 5.02 Å². The fourth-order valence-corrected chi connectivity index (χ4v) is 8.08. The molecule has 4 fully saturated rings. The number of amides is 2. The molecule has 2 atom stereocenters. The first kappa shape index (κ1) is 32.2. The van der Waals surface area contributed by atoms with Crippen LogP contribution in [0.5, 0.6) is 0 Å². The summed E-state index contributed by atoms with van der Waals surface area (Å²) in [5.41, 5.74) is 0.274. The molecule has 0 aromatic heterocycles. The van der Waals surface area contributed by atoms with E-state index in [0.717, 1.165) is 36.8 Å². The summed E-state index contributed by atoms with van der Waals surface area (Å²) in [5, 5.41) is 18.1. The van der Waals surface area contributed by atoms with Crippen LogP contribution in [-0.2, 0) is 14.6 Å². The fourth-order valence-electron chi connectivity index (χ4n) is 5.70. The standard InChI is InChI=1S/C23H32ClF2N3O3S.C5H6N2O2/c1-22(2,3)29-10-8-27(9-11-29)17-5-7-20(19(24)13-17)33(31,32)18-6-4-16(12-18)21(30)28-14-23(25,26)15-28;6-3-5(1-2-5)7-4(8)9/h5,7,13,16,18H,4,6,8-12,14-15H2,1-3H3;7H,1-2H2,(H,8,9)/t16-,18-;/m1./s1. The summed E-state index contributed by atoms with van der Waals surface area (Å²) < 4.78 is 52.7. The highest BCUT2D eigenvalue weighted by Gasteiger charge is 2.49. The molecule has 2 saturated carbocycles. The van der Waals surface area contributed by atoms with Crippen LogP contribution < -0.4 is 10.2 Å². The van der Waals surface area contributed by atoms with Crippen molar-refractivity contribution >= 4 is 39.1 Å². The Kier molecular flexibility index (Phi) is 9.03. The smallest absolute Gasteiger partial charge is 0.405 e. The van der Waals surface area contributed by atoms with E-state index in [2.05, 4.69) is 35.9 Å². The van der Waals surface area contributed by atoms with Gasteiger partial charge in [0, 0.05) is 43.3 Å². The summed E-state index contributed by atoms with van der Waals surface area (Å²) in [7, 11) is -3.73. The molecule has 2 heterocycles. The Morgan fingerprint density at radius 1 is 1.12 bits per heavy atom. The van der Waals surface area contributed by atoms with Crippen LogP contribution in [0.3, 0.4) is 0 Å². The summed E-state index contributed by atoms with van der Waals surface area (Å²) in [6.45, 7) is 8.94. The molecule has 2 N–H and O–H groups in total. The lowest BCUT2D eigenvalue weighted by Gasteiger charge is -2.43. The van der Waals surface area contributed by atoms with Gasteiger partial charge in [-0.25, -0.2) is 22.0 Å². The summed E-state index contributed by atoms with van der Waals surface area (Å²) in [5.74, 6) is -3.72. The molecule has 10 nitrogen and oxygen atoms in total. The van der Waals surface area contributed by atoms with E-state index >= 15 is 0 Å². The number of hydrogen-bond donors (Lipinski definition) is 2. The molecule has 0 bridgehead atoms. The number of sulfone groups is 1. The predicted octanol–water partition coefficient (Wildman–Crippen LogP) is 3.99. The minimum Gasteiger partial charge on any atom is -0.465 e. The van der Waals surface area contributed by atoms with Gasteiger partial charge in [0.1, 0.15) is 5.54 Å². The summed E-state index contributed by atoms with van der Waals surface area (Å²) >= 11 is 6.45. The average Bonchev–Trinajstić information content (AvgIpc) is 3.47. The number of carbonyl (C=O) groups excluding carboxylic acids is 1. The number of piperazine rings is 1. The van der Waals surface area contributed by atoms with Gasteiger partial charge in [0.05, 0.1) is 34.3 Å². The molecule has 1 aromatic rings. The third kappa shape index (κ3) is 7.26. The van der Waals surface area contributed by atoms with Crippen LogP contribution in [0.1, 0.15) is 52.9 Å². The summed E-state index contributed by atoms with van der Waals surface area (Å²) in [4.78, 5) is 28.2. The Balaban J connectivity index is 0.000000385. The van der Waals surface area contributed by atoms with Crippen LogP contribution >= 0.6 is 11.6 Å². The number of benzene rings is 1. The summed E-state index contributed by atoms with van der Waals surface area (Å²) in [6.07, 6.45) is 1.05. The molecule has 0 spiro atoms. The normalized spacial score (nSPS) is 25.0. The molecule has 14 heteroatoms. The van der Waals surface area contributed by atoms with Gasteiger partial charge < -0.3 is 20.2 Å². The van der Waals surface area contributed by atoms with Crippen molar-refractivity contribution in [3.05, 3.63) is 23.2 Å². The third-order valence-electron chi connectivity index (χ3n) is 8.45. The van der Waals surface area contributed by atoms with Crippen molar-refractivity contribution in [2.75, 3.05) is 44.2 Å². The highest BCUT2D eigenvalue weighted by molar-refractivity contribution is 7.92. The molecule has 5 rings (SSSR count). The Hall–Kier alpha value is -2.69. The number of alkyl halides is 2. The van der Waals surface area contributed by atoms with Crippen LogP contribution in [0.4, 0.5) is 19.3 Å². The van der Waals surface area contributed by atoms with Gasteiger partial charge >= 0.3 is 6.09 Å². The van der Waals surface area contributed by atoms with Crippen LogP contribution in [0.25, 0.3) is 0 Å². The zero-order valence-corrected chi connectivity index (χ0v) is 25.6. The first-order valence-electron chi connectivity index (χ1n) is 14.1. The van der Waals surface area contributed by atoms with E-state index in [1.807, 2.05) is 6.07 Å². The van der Waals surface area contributed by atoms with E-state index in [9.17, 15) is 26.8 Å². The van der Waals surface area contributed by atoms with Gasteiger partial charge in [-0.1, -0.05) is 11.6 Å². The van der Waals surface area contributed by atoms with Crippen molar-refractivity contribution in [1.29, 1.82) is 5.26 Å². The topological polar surface area (TPSA) is 134 Å². The van der Waals surface area contributed by atoms with Gasteiger partial charge in [-0.2, -0.15) is 5.26 Å². The van der Waals surface area contributed by atoms with Crippen molar-refractivity contribution in [2.24, 2.45) is 5.92 Å². The van der Waals surface area contributed by atoms with Crippen LogP contribution in [0, 0.1) is 17.2 Å². The van der Waals surface area contributed by atoms with Crippen LogP contribution in [-0.4, -0.2) is 96.8 Å². The van der Waals surface area contributed by atoms with Crippen molar-refractivity contribution in [2.45, 2.75) is 80.0 Å². The first-order chi connectivity index (χ1) is 19.5. The van der Waals surface area contributed by atoms with E-state index in [-0.39, 0.29) is 27.8 Å². The van der Waals surface area contributed by atoms with Gasteiger partial charge in [-0.3, -0.25) is 9.69 Å². The minimum atomic E-state index is -3.73. The average molecular weight is 630 g/mol. The second-order valence-electron chi connectivity index (χ2n) is 12.6. The number of hydrogen-bond acceptors (Lipinski definition) is 7. The first-order valence-corrected chi connectivity index (χ1v) is 16.0. The lowest BCUT2D eigenvalue weighted by Crippen LogP contribution is -2.59. The number of nitrogens with one attached hydrogen (secondary N) is 1. The van der Waals surface area contributed by atoms with Gasteiger partial charge in [-0.05, 0) is 71.1 Å². The molecule has 232 valence electrons. The Bertz CT molecular complexity index is 1340. The molecule has 0 unspecified atom stereocenters. The Morgan fingerprint density at radius 3 is 2.19 bits per heavy atom. The van der Waals surface area contributed by atoms with Gasteiger partial charge in [0.25, 0.3) is 5.92 Å². The molecule has 0 radical (unpaired) electrons. The monoisotopic (exact) mass is 629 g/mol. The second-order valence-corrected chi connectivity index (χ2v) is 15.2. The second kappa shape index (κ2) is 11.8. The highest BCUT2D eigenvalue weighted by Crippen LogP contribution is 2.39. The van der Waals surface area contributed by atoms with Crippen molar-refractivity contribution in [3.8, 4) is 6.07 Å². The quantitative estimate of drug-likeness (QED) is 0.499. The zero-order valence-electron chi connectivity index (χ0n) is 24.1. The molecule has 2 aliphatic heterocycles. The number of carbonyl (C=O) groups is 2. The van der Waals surface area contributed by atoms with E-state index in [4.69, 9.17) is 22.0 Å². The molecule has 4 aliphatic rings. The van der Waals surface area contributed by atoms with Crippen molar-refractivity contribution in [3.63, 3.8) is 0 Å². The van der Waals surface area contributed by atoms with E-state index in [1.165, 1.54) is 0 Å². The van der Waals surface area contributed by atoms with Crippen molar-refractivity contribution in [1.82, 2.24) is 15.1 Å². The largest absolute Gasteiger partial charge is 0.465 e. The number of likely N-dealkylation sites (tertiary alicyclic amines) is 1. The lowest BCUT2D eigenvalue weighted by molar-refractivity contribution is -0.169. The Labute approximate surface area is 250 Å². The van der Waals surface area contributed by atoms with Gasteiger partial charge in [0.2, 0.25) is 5.91 Å². The maximum absolute atomic E-state index is 13.3. The zero-order chi connectivity index (χ0) is 31.1. The number of anilines is 1. The molecule has 42 heavy (non-hydrogen) atoms. The molecule has 2 aliphatic carbocycles. The van der Waals surface area contributed by atoms with E-state index < -0.39 is 51.6 Å². The fraction of sp³-hybridized carbons (Fsp3) is 0.679. The number of halogens is 3. The minimum absolute atomic E-state index is 0.0785. The molecule has 2 amide bonds. The molecule has 2 saturated heterocycles. The number of carboxylic acid groups (broad SMARTS) is 1. The maximum atomic E-state index is 13.3.